The van der Waals surface area contributed by atoms with Crippen LogP contribution in [-0.2, 0) is 0 Å². The Kier molecular flexibility index (Phi) is 3.24. The van der Waals surface area contributed by atoms with Crippen molar-refractivity contribution in [3.05, 3.63) is 22.4 Å². The Morgan fingerprint density at radius 3 is 2.94 bits per heavy atom. The van der Waals surface area contributed by atoms with Crippen LogP contribution in [0.5, 0.6) is 0 Å². The van der Waals surface area contributed by atoms with Crippen molar-refractivity contribution in [3.8, 4) is 0 Å². The maximum Gasteiger partial charge on any atom is 0.0388 e. The van der Waals surface area contributed by atoms with Crippen molar-refractivity contribution in [1.29, 1.82) is 0 Å². The van der Waals surface area contributed by atoms with Gasteiger partial charge in [-0.1, -0.05) is 6.07 Å². The van der Waals surface area contributed by atoms with Gasteiger partial charge in [-0.05, 0) is 44.6 Å². The van der Waals surface area contributed by atoms with E-state index in [4.69, 9.17) is 0 Å². The van der Waals surface area contributed by atoms with E-state index in [2.05, 4.69) is 41.6 Å². The topological polar surface area (TPSA) is 15.3 Å². The largest absolute Gasteiger partial charge is 0.305 e. The molecule has 0 amide bonds. The molecule has 0 aromatic carbocycles. The molecule has 3 rings (SSSR count). The molecule has 17 heavy (non-hydrogen) atoms. The van der Waals surface area contributed by atoms with Crippen LogP contribution in [0.25, 0.3) is 0 Å². The number of hydrogen-bond donors (Lipinski definition) is 1. The van der Waals surface area contributed by atoms with Crippen LogP contribution in [0.3, 0.4) is 0 Å². The summed E-state index contributed by atoms with van der Waals surface area (Å²) >= 11 is 1.86. The zero-order valence-corrected chi connectivity index (χ0v) is 11.5. The molecule has 1 N–H and O–H groups in total. The monoisotopic (exact) mass is 250 g/mol. The number of nitrogens with zero attached hydrogens (tertiary/aromatic N) is 1. The molecule has 2 nitrogen and oxygen atoms in total. The summed E-state index contributed by atoms with van der Waals surface area (Å²) in [5.74, 6) is 0. The van der Waals surface area contributed by atoms with Crippen molar-refractivity contribution in [2.45, 2.75) is 57.3 Å². The first kappa shape index (κ1) is 11.7. The van der Waals surface area contributed by atoms with Crippen LogP contribution >= 0.6 is 11.3 Å². The zero-order valence-electron chi connectivity index (χ0n) is 10.7. The first-order valence-electron chi connectivity index (χ1n) is 6.79. The van der Waals surface area contributed by atoms with Gasteiger partial charge in [0.1, 0.15) is 0 Å². The maximum absolute atomic E-state index is 3.79. The molecule has 1 aromatic rings. The van der Waals surface area contributed by atoms with Gasteiger partial charge in [-0.2, -0.15) is 0 Å². The third-order valence-corrected chi connectivity index (χ3v) is 5.15. The smallest absolute Gasteiger partial charge is 0.0388 e. The van der Waals surface area contributed by atoms with Crippen LogP contribution in [0.1, 0.15) is 44.0 Å². The van der Waals surface area contributed by atoms with Crippen molar-refractivity contribution in [1.82, 2.24) is 10.2 Å². The second-order valence-electron chi connectivity index (χ2n) is 5.61. The molecular formula is C14H22N2S. The molecule has 1 saturated carbocycles. The van der Waals surface area contributed by atoms with E-state index in [0.29, 0.717) is 12.1 Å². The highest BCUT2D eigenvalue weighted by atomic mass is 32.1. The summed E-state index contributed by atoms with van der Waals surface area (Å²) in [7, 11) is 0. The highest BCUT2D eigenvalue weighted by Gasteiger charge is 2.38. The number of rotatable bonds is 4. The summed E-state index contributed by atoms with van der Waals surface area (Å²) in [6.45, 7) is 5.92. The molecule has 2 aliphatic rings. The lowest BCUT2D eigenvalue weighted by Crippen LogP contribution is -2.35. The molecule has 2 unspecified atom stereocenters. The average Bonchev–Trinajstić information content (AvgIpc) is 2.86. The maximum atomic E-state index is 3.79. The second-order valence-corrected chi connectivity index (χ2v) is 6.59. The van der Waals surface area contributed by atoms with E-state index in [0.717, 1.165) is 12.1 Å². The van der Waals surface area contributed by atoms with E-state index in [1.807, 2.05) is 11.3 Å². The Bertz CT molecular complexity index is 358. The molecule has 1 saturated heterocycles. The van der Waals surface area contributed by atoms with E-state index < -0.39 is 0 Å². The third kappa shape index (κ3) is 2.56. The molecule has 3 atom stereocenters. The van der Waals surface area contributed by atoms with Crippen molar-refractivity contribution in [2.24, 2.45) is 0 Å². The molecule has 94 valence electrons. The lowest BCUT2D eigenvalue weighted by molar-refractivity contribution is 0.254. The first-order valence-corrected chi connectivity index (χ1v) is 7.67. The fraction of sp³-hybridized carbons (Fsp3) is 0.714. The van der Waals surface area contributed by atoms with Gasteiger partial charge < -0.3 is 5.32 Å². The Balaban J connectivity index is 1.56. The zero-order chi connectivity index (χ0) is 11.8. The summed E-state index contributed by atoms with van der Waals surface area (Å²) in [5.41, 5.74) is 0. The van der Waals surface area contributed by atoms with Gasteiger partial charge in [-0.15, -0.1) is 11.3 Å². The summed E-state index contributed by atoms with van der Waals surface area (Å²) in [6.07, 6.45) is 4.17. The van der Waals surface area contributed by atoms with Gasteiger partial charge in [-0.3, -0.25) is 4.90 Å². The van der Waals surface area contributed by atoms with Gasteiger partial charge in [0, 0.05) is 35.6 Å². The van der Waals surface area contributed by atoms with Gasteiger partial charge in [-0.25, -0.2) is 0 Å². The quantitative estimate of drug-likeness (QED) is 0.883. The standard InChI is InChI=1S/C14H22N2S/c1-10-8-12(9-16(10)13-5-6-13)15-11(2)14-4-3-7-17-14/h3-4,7,10-13,15H,5-6,8-9H2,1-2H3/t10?,11-,12?/m1/s1. The minimum absolute atomic E-state index is 0.506. The van der Waals surface area contributed by atoms with Crippen molar-refractivity contribution < 1.29 is 0 Å². The van der Waals surface area contributed by atoms with E-state index in [-0.39, 0.29) is 0 Å². The SMILES string of the molecule is CC1CC(N[C@H](C)c2cccs2)CN1C1CC1. The summed E-state index contributed by atoms with van der Waals surface area (Å²) < 4.78 is 0. The van der Waals surface area contributed by atoms with E-state index in [1.165, 1.54) is 30.7 Å². The fourth-order valence-electron chi connectivity index (χ4n) is 3.07. The summed E-state index contributed by atoms with van der Waals surface area (Å²) in [5, 5.41) is 5.96. The van der Waals surface area contributed by atoms with E-state index >= 15 is 0 Å². The van der Waals surface area contributed by atoms with E-state index in [1.54, 1.807) is 0 Å². The molecule has 1 aliphatic carbocycles. The molecule has 1 aliphatic heterocycles. The fourth-order valence-corrected chi connectivity index (χ4v) is 3.81. The Labute approximate surface area is 108 Å². The van der Waals surface area contributed by atoms with Gasteiger partial charge >= 0.3 is 0 Å². The Morgan fingerprint density at radius 2 is 2.29 bits per heavy atom. The number of thiophene rings is 1. The van der Waals surface area contributed by atoms with Crippen LogP contribution in [0.15, 0.2) is 17.5 Å². The highest BCUT2D eigenvalue weighted by Crippen LogP contribution is 2.34. The molecule has 0 spiro atoms. The van der Waals surface area contributed by atoms with Gasteiger partial charge in [0.2, 0.25) is 0 Å². The van der Waals surface area contributed by atoms with E-state index in [9.17, 15) is 0 Å². The van der Waals surface area contributed by atoms with Crippen LogP contribution in [0.2, 0.25) is 0 Å². The first-order chi connectivity index (χ1) is 8.24. The molecular weight excluding hydrogens is 228 g/mol. The molecule has 2 heterocycles. The third-order valence-electron chi connectivity index (χ3n) is 4.09. The lowest BCUT2D eigenvalue weighted by atomic mass is 10.1. The molecule has 0 bridgehead atoms. The summed E-state index contributed by atoms with van der Waals surface area (Å²) in [6, 6.07) is 7.25. The number of hydrogen-bond acceptors (Lipinski definition) is 3. The normalized spacial score (nSPS) is 31.9. The second kappa shape index (κ2) is 4.71. The highest BCUT2D eigenvalue weighted by molar-refractivity contribution is 7.10. The van der Waals surface area contributed by atoms with Gasteiger partial charge in [0.25, 0.3) is 0 Å². The molecule has 2 fully saturated rings. The van der Waals surface area contributed by atoms with Crippen LogP contribution in [0.4, 0.5) is 0 Å². The van der Waals surface area contributed by atoms with Gasteiger partial charge in [0.15, 0.2) is 0 Å². The minimum Gasteiger partial charge on any atom is -0.305 e. The molecule has 3 heteroatoms. The number of likely N-dealkylation sites (tertiary alicyclic amines) is 1. The van der Waals surface area contributed by atoms with Crippen molar-refractivity contribution in [2.75, 3.05) is 6.54 Å². The predicted octanol–water partition coefficient (Wildman–Crippen LogP) is 3.02. The molecule has 0 radical (unpaired) electrons. The van der Waals surface area contributed by atoms with Crippen LogP contribution in [0, 0.1) is 0 Å². The average molecular weight is 250 g/mol. The molecule has 1 aromatic heterocycles. The van der Waals surface area contributed by atoms with Crippen molar-refractivity contribution >= 4 is 11.3 Å². The minimum atomic E-state index is 0.506. The predicted molar refractivity (Wildman–Crippen MR) is 73.5 cm³/mol. The van der Waals surface area contributed by atoms with Crippen molar-refractivity contribution in [3.63, 3.8) is 0 Å². The van der Waals surface area contributed by atoms with Crippen LogP contribution < -0.4 is 5.32 Å². The summed E-state index contributed by atoms with van der Waals surface area (Å²) in [4.78, 5) is 4.17. The Hall–Kier alpha value is -0.380. The lowest BCUT2D eigenvalue weighted by Gasteiger charge is -2.20. The Morgan fingerprint density at radius 1 is 1.47 bits per heavy atom. The van der Waals surface area contributed by atoms with Crippen LogP contribution in [-0.4, -0.2) is 29.6 Å². The van der Waals surface area contributed by atoms with Gasteiger partial charge in [0.05, 0.1) is 0 Å². The number of nitrogens with one attached hydrogen (secondary N) is 1.